The highest BCUT2D eigenvalue weighted by Gasteiger charge is 2.24. The molecule has 1 N–H and O–H groups in total. The van der Waals surface area contributed by atoms with Gasteiger partial charge in [-0.2, -0.15) is 0 Å². The van der Waals surface area contributed by atoms with Crippen LogP contribution < -0.4 is 0 Å². The first-order valence-corrected chi connectivity index (χ1v) is 9.02. The van der Waals surface area contributed by atoms with Crippen molar-refractivity contribution in [2.75, 3.05) is 7.05 Å². The molecule has 2 aromatic heterocycles. The second-order valence-corrected chi connectivity index (χ2v) is 7.56. The Labute approximate surface area is 146 Å². The van der Waals surface area contributed by atoms with E-state index >= 15 is 0 Å². The highest BCUT2D eigenvalue weighted by atomic mass is 32.1. The lowest BCUT2D eigenvalue weighted by molar-refractivity contribution is 0.0746. The van der Waals surface area contributed by atoms with E-state index in [9.17, 15) is 4.79 Å². The number of hydrogen-bond donors (Lipinski definition) is 1. The van der Waals surface area contributed by atoms with Crippen molar-refractivity contribution >= 4 is 28.1 Å². The molecule has 0 aliphatic heterocycles. The Morgan fingerprint density at radius 2 is 2.00 bits per heavy atom. The quantitative estimate of drug-likeness (QED) is 0.734. The lowest BCUT2D eigenvalue weighted by atomic mass is 10.1. The van der Waals surface area contributed by atoms with Gasteiger partial charge in [0, 0.05) is 29.4 Å². The number of carbonyl (C=O) groups is 1. The van der Waals surface area contributed by atoms with E-state index < -0.39 is 0 Å². The third-order valence-corrected chi connectivity index (χ3v) is 6.07. The Kier molecular flexibility index (Phi) is 4.45. The molecule has 1 aromatic carbocycles. The van der Waals surface area contributed by atoms with Crippen molar-refractivity contribution in [3.8, 4) is 0 Å². The summed E-state index contributed by atoms with van der Waals surface area (Å²) in [5, 5.41) is 2.18. The molecule has 1 atom stereocenters. The van der Waals surface area contributed by atoms with Gasteiger partial charge < -0.3 is 9.88 Å². The van der Waals surface area contributed by atoms with Crippen molar-refractivity contribution in [1.29, 1.82) is 0 Å². The first kappa shape index (κ1) is 16.7. The molecule has 0 aliphatic rings. The van der Waals surface area contributed by atoms with Crippen LogP contribution in [0.4, 0.5) is 0 Å². The van der Waals surface area contributed by atoms with Crippen molar-refractivity contribution in [1.82, 2.24) is 14.9 Å². The number of H-pyrrole nitrogens is 1. The number of nitrogens with one attached hydrogen (secondary N) is 1. The van der Waals surface area contributed by atoms with Gasteiger partial charge in [-0.05, 0) is 26.0 Å². The van der Waals surface area contributed by atoms with E-state index in [0.717, 1.165) is 26.5 Å². The summed E-state index contributed by atoms with van der Waals surface area (Å²) in [5.74, 6) is 0.428. The van der Waals surface area contributed by atoms with Crippen LogP contribution in [0.5, 0.6) is 0 Å². The van der Waals surface area contributed by atoms with Crippen LogP contribution in [0.2, 0.25) is 0 Å². The fraction of sp³-hybridized carbons (Fsp3) is 0.368. The van der Waals surface area contributed by atoms with Crippen LogP contribution in [-0.4, -0.2) is 27.8 Å². The molecule has 3 rings (SSSR count). The van der Waals surface area contributed by atoms with Crippen LogP contribution in [0.1, 0.15) is 58.7 Å². The maximum absolute atomic E-state index is 13.0. The molecule has 0 bridgehead atoms. The molecule has 1 amide bonds. The van der Waals surface area contributed by atoms with Gasteiger partial charge in [-0.1, -0.05) is 26.0 Å². The van der Waals surface area contributed by atoms with E-state index in [4.69, 9.17) is 0 Å². The van der Waals surface area contributed by atoms with Crippen LogP contribution in [0.25, 0.3) is 10.9 Å². The third-order valence-electron chi connectivity index (χ3n) is 4.44. The maximum atomic E-state index is 13.0. The number of carbonyl (C=O) groups excluding carboxylic acids is 1. The van der Waals surface area contributed by atoms with Crippen LogP contribution in [0.15, 0.2) is 30.5 Å². The topological polar surface area (TPSA) is 49.0 Å². The summed E-state index contributed by atoms with van der Waals surface area (Å²) in [7, 11) is 1.86. The third kappa shape index (κ3) is 2.84. The zero-order chi connectivity index (χ0) is 17.4. The summed E-state index contributed by atoms with van der Waals surface area (Å²) in [6.45, 7) is 8.39. The summed E-state index contributed by atoms with van der Waals surface area (Å²) in [6, 6.07) is 7.79. The Morgan fingerprint density at radius 1 is 1.25 bits per heavy atom. The van der Waals surface area contributed by atoms with E-state index in [2.05, 4.69) is 30.7 Å². The number of rotatable bonds is 4. The Hall–Kier alpha value is -2.14. The Bertz CT molecular complexity index is 878. The van der Waals surface area contributed by atoms with Crippen molar-refractivity contribution in [2.45, 2.75) is 39.7 Å². The van der Waals surface area contributed by atoms with Crippen molar-refractivity contribution in [3.63, 3.8) is 0 Å². The maximum Gasteiger partial charge on any atom is 0.256 e. The molecule has 0 spiro atoms. The molecule has 2 heterocycles. The van der Waals surface area contributed by atoms with Crippen molar-refractivity contribution < 1.29 is 4.79 Å². The average molecular weight is 341 g/mol. The van der Waals surface area contributed by atoms with Crippen molar-refractivity contribution in [2.24, 2.45) is 0 Å². The zero-order valence-electron chi connectivity index (χ0n) is 14.8. The molecular weight excluding hydrogens is 318 g/mol. The SMILES string of the molecule is Cc1nc(C(C)C)sc1C(C)N(C)C(=O)c1cccc2cc[nH]c12. The Morgan fingerprint density at radius 3 is 2.67 bits per heavy atom. The van der Waals surface area contributed by atoms with Crippen molar-refractivity contribution in [3.05, 3.63) is 51.6 Å². The van der Waals surface area contributed by atoms with E-state index in [-0.39, 0.29) is 11.9 Å². The zero-order valence-corrected chi connectivity index (χ0v) is 15.6. The van der Waals surface area contributed by atoms with E-state index in [1.165, 1.54) is 0 Å². The molecule has 1 unspecified atom stereocenters. The summed E-state index contributed by atoms with van der Waals surface area (Å²) in [4.78, 5) is 23.8. The number of benzene rings is 1. The minimum atomic E-state index is -0.00674. The number of hydrogen-bond acceptors (Lipinski definition) is 3. The fourth-order valence-corrected chi connectivity index (χ4v) is 4.03. The van der Waals surface area contributed by atoms with E-state index in [1.807, 2.05) is 44.4 Å². The van der Waals surface area contributed by atoms with Gasteiger partial charge in [0.1, 0.15) is 0 Å². The molecule has 0 saturated heterocycles. The first-order valence-electron chi connectivity index (χ1n) is 8.20. The predicted octanol–water partition coefficient (Wildman–Crippen LogP) is 4.89. The molecule has 0 fully saturated rings. The molecule has 0 saturated carbocycles. The molecule has 4 nitrogen and oxygen atoms in total. The number of thiazole rings is 1. The fourth-order valence-electron chi connectivity index (χ4n) is 2.87. The minimum absolute atomic E-state index is 0.00674. The first-order chi connectivity index (χ1) is 11.4. The van der Waals surface area contributed by atoms with Gasteiger partial charge in [0.2, 0.25) is 0 Å². The van der Waals surface area contributed by atoms with Crippen LogP contribution in [-0.2, 0) is 0 Å². The molecule has 0 radical (unpaired) electrons. The van der Waals surface area contributed by atoms with Gasteiger partial charge in [0.25, 0.3) is 5.91 Å². The molecular formula is C19H23N3OS. The molecule has 0 aliphatic carbocycles. The highest BCUT2D eigenvalue weighted by molar-refractivity contribution is 7.11. The predicted molar refractivity (Wildman–Crippen MR) is 99.7 cm³/mol. The van der Waals surface area contributed by atoms with Gasteiger partial charge in [-0.25, -0.2) is 4.98 Å². The van der Waals surface area contributed by atoms with Crippen LogP contribution >= 0.6 is 11.3 Å². The number of aromatic amines is 1. The number of aromatic nitrogens is 2. The number of fused-ring (bicyclic) bond motifs is 1. The van der Waals surface area contributed by atoms with E-state index in [0.29, 0.717) is 11.5 Å². The summed E-state index contributed by atoms with van der Waals surface area (Å²) >= 11 is 1.71. The van der Waals surface area contributed by atoms with E-state index in [1.54, 1.807) is 16.2 Å². The number of nitrogens with zero attached hydrogens (tertiary/aromatic N) is 2. The van der Waals surface area contributed by atoms with Gasteiger partial charge in [-0.3, -0.25) is 4.79 Å². The molecule has 126 valence electrons. The molecule has 3 aromatic rings. The largest absolute Gasteiger partial charge is 0.361 e. The summed E-state index contributed by atoms with van der Waals surface area (Å²) in [6.07, 6.45) is 1.87. The number of aryl methyl sites for hydroxylation is 1. The minimum Gasteiger partial charge on any atom is -0.361 e. The van der Waals surface area contributed by atoms with Gasteiger partial charge >= 0.3 is 0 Å². The number of para-hydroxylation sites is 1. The lowest BCUT2D eigenvalue weighted by Gasteiger charge is -2.25. The second-order valence-electron chi connectivity index (χ2n) is 6.50. The highest BCUT2D eigenvalue weighted by Crippen LogP contribution is 2.32. The number of amides is 1. The summed E-state index contributed by atoms with van der Waals surface area (Å²) in [5.41, 5.74) is 2.62. The van der Waals surface area contributed by atoms with Crippen LogP contribution in [0, 0.1) is 6.92 Å². The van der Waals surface area contributed by atoms with Gasteiger partial charge in [-0.15, -0.1) is 11.3 Å². The second kappa shape index (κ2) is 6.40. The van der Waals surface area contributed by atoms with Crippen LogP contribution in [0.3, 0.4) is 0 Å². The standard InChI is InChI=1S/C19H23N3OS/c1-11(2)18-21-12(3)17(24-18)13(4)22(5)19(23)15-8-6-7-14-9-10-20-16(14)15/h6-11,13,20H,1-5H3. The van der Waals surface area contributed by atoms with Gasteiger partial charge in [0.15, 0.2) is 0 Å². The normalized spacial score (nSPS) is 12.8. The smallest absolute Gasteiger partial charge is 0.256 e. The van der Waals surface area contributed by atoms with Gasteiger partial charge in [0.05, 0.1) is 27.8 Å². The molecule has 5 heteroatoms. The average Bonchev–Trinajstić information content (AvgIpc) is 3.18. The monoisotopic (exact) mass is 341 g/mol. The molecule has 24 heavy (non-hydrogen) atoms. The Balaban J connectivity index is 1.92. The summed E-state index contributed by atoms with van der Waals surface area (Å²) < 4.78 is 0. The lowest BCUT2D eigenvalue weighted by Crippen LogP contribution is -2.29.